The summed E-state index contributed by atoms with van der Waals surface area (Å²) in [6.07, 6.45) is 0.383. The summed E-state index contributed by atoms with van der Waals surface area (Å²) in [5.41, 5.74) is 0. The van der Waals surface area contributed by atoms with Gasteiger partial charge in [0.1, 0.15) is 0 Å². The van der Waals surface area contributed by atoms with Gasteiger partial charge in [0.05, 0.1) is 19.8 Å². The molecule has 0 aromatic heterocycles. The smallest absolute Gasteiger partial charge is 0.223 e. The van der Waals surface area contributed by atoms with Gasteiger partial charge < -0.3 is 14.4 Å². The minimum absolute atomic E-state index is 0.181. The third-order valence-electron chi connectivity index (χ3n) is 2.23. The lowest BCUT2D eigenvalue weighted by atomic mass is 10.4. The Morgan fingerprint density at radius 2 is 2.15 bits per heavy atom. The number of carbonyl (C=O) groups is 1. The number of rotatable bonds is 2. The minimum Gasteiger partial charge on any atom is -0.348 e. The van der Waals surface area contributed by atoms with Gasteiger partial charge in [-0.15, -0.1) is 0 Å². The Morgan fingerprint density at radius 1 is 1.46 bits per heavy atom. The third kappa shape index (κ3) is 2.21. The number of hydrogen-bond donors (Lipinski definition) is 0. The molecule has 4 nitrogen and oxygen atoms in total. The van der Waals surface area contributed by atoms with Crippen LogP contribution in [0.15, 0.2) is 0 Å². The van der Waals surface area contributed by atoms with Crippen LogP contribution in [0, 0.1) is 0 Å². The fourth-order valence-corrected chi connectivity index (χ4v) is 2.22. The van der Waals surface area contributed by atoms with Crippen LogP contribution in [0.5, 0.6) is 0 Å². The predicted octanol–water partition coefficient (Wildman–Crippen LogP) is 0.355. The van der Waals surface area contributed by atoms with Crippen molar-refractivity contribution in [1.29, 1.82) is 0 Å². The molecule has 1 amide bonds. The van der Waals surface area contributed by atoms with E-state index < -0.39 is 0 Å². The molecule has 0 radical (unpaired) electrons. The topological polar surface area (TPSA) is 38.8 Å². The maximum Gasteiger partial charge on any atom is 0.223 e. The number of halogens is 1. The van der Waals surface area contributed by atoms with E-state index in [9.17, 15) is 4.79 Å². The normalized spacial score (nSPS) is 30.4. The average Bonchev–Trinajstić information content (AvgIpc) is 2.63. The van der Waals surface area contributed by atoms with E-state index in [2.05, 4.69) is 15.9 Å². The van der Waals surface area contributed by atoms with Crippen LogP contribution < -0.4 is 0 Å². The summed E-state index contributed by atoms with van der Waals surface area (Å²) in [7, 11) is 0. The molecule has 1 atom stereocenters. The molecule has 1 unspecified atom stereocenters. The molecule has 2 heterocycles. The van der Waals surface area contributed by atoms with Crippen molar-refractivity contribution in [1.82, 2.24) is 4.90 Å². The zero-order valence-electron chi connectivity index (χ0n) is 7.24. The quantitative estimate of drug-likeness (QED) is 0.664. The van der Waals surface area contributed by atoms with Crippen molar-refractivity contribution >= 4 is 21.8 Å². The van der Waals surface area contributed by atoms with Gasteiger partial charge in [0.15, 0.2) is 6.29 Å². The van der Waals surface area contributed by atoms with E-state index in [0.29, 0.717) is 31.0 Å². The molecule has 0 aromatic rings. The van der Waals surface area contributed by atoms with Crippen LogP contribution >= 0.6 is 15.9 Å². The molecule has 2 rings (SSSR count). The van der Waals surface area contributed by atoms with Crippen LogP contribution in [-0.4, -0.2) is 48.2 Å². The van der Waals surface area contributed by atoms with Gasteiger partial charge in [0, 0.05) is 17.8 Å². The van der Waals surface area contributed by atoms with Crippen LogP contribution in [-0.2, 0) is 14.3 Å². The molecule has 74 valence electrons. The second-order valence-corrected chi connectivity index (χ2v) is 4.57. The van der Waals surface area contributed by atoms with E-state index in [0.717, 1.165) is 6.54 Å². The molecule has 0 saturated carbocycles. The highest BCUT2D eigenvalue weighted by Gasteiger charge is 2.30. The van der Waals surface area contributed by atoms with E-state index in [1.54, 1.807) is 4.90 Å². The van der Waals surface area contributed by atoms with Gasteiger partial charge in [-0.1, -0.05) is 15.9 Å². The van der Waals surface area contributed by atoms with Crippen LogP contribution in [0.4, 0.5) is 0 Å². The Bertz CT molecular complexity index is 206. The molecular weight excluding hydrogens is 238 g/mol. The number of likely N-dealkylation sites (tertiary alicyclic amines) is 1. The van der Waals surface area contributed by atoms with Crippen molar-refractivity contribution in [2.75, 3.05) is 26.3 Å². The van der Waals surface area contributed by atoms with Crippen molar-refractivity contribution < 1.29 is 14.3 Å². The first-order valence-electron chi connectivity index (χ1n) is 4.41. The highest BCUT2D eigenvalue weighted by atomic mass is 79.9. The van der Waals surface area contributed by atoms with Gasteiger partial charge in [-0.25, -0.2) is 0 Å². The molecule has 0 bridgehead atoms. The van der Waals surface area contributed by atoms with Gasteiger partial charge in [-0.05, 0) is 0 Å². The Kier molecular flexibility index (Phi) is 2.86. The molecule has 5 heteroatoms. The lowest BCUT2D eigenvalue weighted by Gasteiger charge is -2.19. The molecular formula is C8H12BrNO3. The lowest BCUT2D eigenvalue weighted by molar-refractivity contribution is -0.133. The SMILES string of the molecule is O=C1CC(Br)CN1CC1OCCO1. The van der Waals surface area contributed by atoms with Gasteiger partial charge >= 0.3 is 0 Å². The van der Waals surface area contributed by atoms with Gasteiger partial charge in [0.25, 0.3) is 0 Å². The van der Waals surface area contributed by atoms with E-state index >= 15 is 0 Å². The molecule has 0 N–H and O–H groups in total. The van der Waals surface area contributed by atoms with Crippen LogP contribution in [0.1, 0.15) is 6.42 Å². The molecule has 13 heavy (non-hydrogen) atoms. The summed E-state index contributed by atoms with van der Waals surface area (Å²) in [5, 5.41) is 0. The summed E-state index contributed by atoms with van der Waals surface area (Å²) in [6, 6.07) is 0. The number of hydrogen-bond acceptors (Lipinski definition) is 3. The summed E-state index contributed by atoms with van der Waals surface area (Å²) in [5.74, 6) is 0.181. The number of carbonyl (C=O) groups excluding carboxylic acids is 1. The van der Waals surface area contributed by atoms with Crippen molar-refractivity contribution in [3.8, 4) is 0 Å². The third-order valence-corrected chi connectivity index (χ3v) is 2.84. The maximum absolute atomic E-state index is 11.4. The maximum atomic E-state index is 11.4. The monoisotopic (exact) mass is 249 g/mol. The fraction of sp³-hybridized carbons (Fsp3) is 0.875. The lowest BCUT2D eigenvalue weighted by Crippen LogP contribution is -2.34. The largest absolute Gasteiger partial charge is 0.348 e. The number of nitrogens with zero attached hydrogens (tertiary/aromatic N) is 1. The second-order valence-electron chi connectivity index (χ2n) is 3.27. The van der Waals surface area contributed by atoms with Crippen molar-refractivity contribution in [3.05, 3.63) is 0 Å². The van der Waals surface area contributed by atoms with Crippen molar-refractivity contribution in [2.45, 2.75) is 17.5 Å². The van der Waals surface area contributed by atoms with E-state index in [1.807, 2.05) is 0 Å². The predicted molar refractivity (Wildman–Crippen MR) is 49.6 cm³/mol. The van der Waals surface area contributed by atoms with E-state index in [-0.39, 0.29) is 12.2 Å². The van der Waals surface area contributed by atoms with Crippen molar-refractivity contribution in [3.63, 3.8) is 0 Å². The zero-order chi connectivity index (χ0) is 9.26. The Labute approximate surface area is 85.3 Å². The number of ether oxygens (including phenoxy) is 2. The minimum atomic E-state index is -0.207. The molecule has 2 saturated heterocycles. The first-order valence-corrected chi connectivity index (χ1v) is 5.32. The van der Waals surface area contributed by atoms with E-state index in [4.69, 9.17) is 9.47 Å². The standard InChI is InChI=1S/C8H12BrNO3/c9-6-3-7(11)10(4-6)5-8-12-1-2-13-8/h6,8H,1-5H2. The highest BCUT2D eigenvalue weighted by molar-refractivity contribution is 9.09. The number of alkyl halides is 1. The first-order chi connectivity index (χ1) is 6.25. The molecule has 0 aliphatic carbocycles. The zero-order valence-corrected chi connectivity index (χ0v) is 8.83. The van der Waals surface area contributed by atoms with Gasteiger partial charge in [-0.3, -0.25) is 4.79 Å². The molecule has 2 aliphatic heterocycles. The van der Waals surface area contributed by atoms with Gasteiger partial charge in [0.2, 0.25) is 5.91 Å². The number of amides is 1. The van der Waals surface area contributed by atoms with Crippen molar-refractivity contribution in [2.24, 2.45) is 0 Å². The first kappa shape index (κ1) is 9.43. The Hall–Kier alpha value is -0.130. The Balaban J connectivity index is 1.83. The summed E-state index contributed by atoms with van der Waals surface area (Å²) < 4.78 is 10.5. The molecule has 0 aromatic carbocycles. The molecule has 0 spiro atoms. The Morgan fingerprint density at radius 3 is 2.69 bits per heavy atom. The van der Waals surface area contributed by atoms with Crippen LogP contribution in [0.3, 0.4) is 0 Å². The molecule has 2 fully saturated rings. The van der Waals surface area contributed by atoms with Gasteiger partial charge in [-0.2, -0.15) is 0 Å². The average molecular weight is 250 g/mol. The summed E-state index contributed by atoms with van der Waals surface area (Å²) in [6.45, 7) is 2.62. The van der Waals surface area contributed by atoms with E-state index in [1.165, 1.54) is 0 Å². The van der Waals surface area contributed by atoms with Crippen LogP contribution in [0.25, 0.3) is 0 Å². The van der Waals surface area contributed by atoms with Crippen LogP contribution in [0.2, 0.25) is 0 Å². The molecule has 2 aliphatic rings. The summed E-state index contributed by atoms with van der Waals surface area (Å²) >= 11 is 3.42. The summed E-state index contributed by atoms with van der Waals surface area (Å²) in [4.78, 5) is 13.4. The fourth-order valence-electron chi connectivity index (χ4n) is 1.59. The second kappa shape index (κ2) is 3.94. The highest BCUT2D eigenvalue weighted by Crippen LogP contribution is 2.19.